The summed E-state index contributed by atoms with van der Waals surface area (Å²) < 4.78 is 0. The summed E-state index contributed by atoms with van der Waals surface area (Å²) in [5.74, 6) is -0.00427. The van der Waals surface area contributed by atoms with Gasteiger partial charge in [-0.25, -0.2) is 0 Å². The molecule has 0 atom stereocenters. The minimum absolute atomic E-state index is 0.00417. The van der Waals surface area contributed by atoms with Crippen LogP contribution in [0.2, 0.25) is 0 Å². The Hall–Kier alpha value is -1.10. The Balaban J connectivity index is 2.42. The van der Waals surface area contributed by atoms with E-state index in [0.717, 1.165) is 25.9 Å². The van der Waals surface area contributed by atoms with E-state index in [0.29, 0.717) is 13.1 Å². The zero-order chi connectivity index (χ0) is 13.6. The van der Waals surface area contributed by atoms with Crippen LogP contribution in [0, 0.1) is 5.41 Å². The lowest BCUT2D eigenvalue weighted by Crippen LogP contribution is -2.48. The van der Waals surface area contributed by atoms with Crippen LogP contribution >= 0.6 is 0 Å². The predicted molar refractivity (Wildman–Crippen MR) is 71.1 cm³/mol. The lowest BCUT2D eigenvalue weighted by molar-refractivity contribution is -0.136. The number of nitrogens with one attached hydrogen (secondary N) is 2. The highest BCUT2D eigenvalue weighted by Crippen LogP contribution is 2.27. The van der Waals surface area contributed by atoms with Crippen LogP contribution in [0.25, 0.3) is 0 Å². The van der Waals surface area contributed by atoms with E-state index in [2.05, 4.69) is 10.6 Å². The number of hydrogen-bond acceptors (Lipinski definition) is 3. The standard InChI is InChI=1S/C13H25N3O2/c1-4-16(5-2)11(17)10-15-12(18)13(3)6-8-14-9-7-13/h14H,4-10H2,1-3H3,(H,15,18). The van der Waals surface area contributed by atoms with Gasteiger partial charge in [0.05, 0.1) is 6.54 Å². The lowest BCUT2D eigenvalue weighted by Gasteiger charge is -2.32. The summed E-state index contributed by atoms with van der Waals surface area (Å²) in [6.07, 6.45) is 1.66. The van der Waals surface area contributed by atoms with Crippen molar-refractivity contribution >= 4 is 11.8 Å². The summed E-state index contributed by atoms with van der Waals surface area (Å²) in [5, 5.41) is 6.02. The highest BCUT2D eigenvalue weighted by atomic mass is 16.2. The number of carbonyl (C=O) groups is 2. The average Bonchev–Trinajstić information content (AvgIpc) is 2.38. The second-order valence-electron chi connectivity index (χ2n) is 5.06. The van der Waals surface area contributed by atoms with Crippen molar-refractivity contribution < 1.29 is 9.59 Å². The number of carbonyl (C=O) groups excluding carboxylic acids is 2. The lowest BCUT2D eigenvalue weighted by atomic mass is 9.80. The number of rotatable bonds is 5. The first kappa shape index (κ1) is 15.0. The van der Waals surface area contributed by atoms with Crippen LogP contribution < -0.4 is 10.6 Å². The third-order valence-corrected chi connectivity index (χ3v) is 3.77. The fourth-order valence-corrected chi connectivity index (χ4v) is 2.26. The number of likely N-dealkylation sites (N-methyl/N-ethyl adjacent to an activating group) is 1. The number of hydrogen-bond donors (Lipinski definition) is 2. The molecule has 0 aromatic rings. The quantitative estimate of drug-likeness (QED) is 0.746. The molecule has 2 N–H and O–H groups in total. The van der Waals surface area contributed by atoms with Crippen molar-refractivity contribution in [2.45, 2.75) is 33.6 Å². The van der Waals surface area contributed by atoms with Gasteiger partial charge >= 0.3 is 0 Å². The molecule has 1 aliphatic heterocycles. The van der Waals surface area contributed by atoms with Crippen LogP contribution in [-0.4, -0.2) is 49.4 Å². The third-order valence-electron chi connectivity index (χ3n) is 3.77. The summed E-state index contributed by atoms with van der Waals surface area (Å²) in [4.78, 5) is 25.6. The molecule has 0 radical (unpaired) electrons. The van der Waals surface area contributed by atoms with E-state index in [4.69, 9.17) is 0 Å². The van der Waals surface area contributed by atoms with E-state index in [1.54, 1.807) is 4.90 Å². The molecule has 5 nitrogen and oxygen atoms in total. The molecule has 0 aliphatic carbocycles. The van der Waals surface area contributed by atoms with Crippen molar-refractivity contribution in [2.75, 3.05) is 32.7 Å². The molecule has 2 amide bonds. The van der Waals surface area contributed by atoms with Crippen LogP contribution in [0.15, 0.2) is 0 Å². The Morgan fingerprint density at radius 3 is 2.28 bits per heavy atom. The van der Waals surface area contributed by atoms with Gasteiger partial charge in [0.2, 0.25) is 11.8 Å². The molecule has 0 bridgehead atoms. The third kappa shape index (κ3) is 3.70. The first-order chi connectivity index (χ1) is 8.53. The van der Waals surface area contributed by atoms with Gasteiger partial charge in [-0.15, -0.1) is 0 Å². The zero-order valence-electron chi connectivity index (χ0n) is 11.7. The maximum absolute atomic E-state index is 12.1. The monoisotopic (exact) mass is 255 g/mol. The molecule has 1 fully saturated rings. The van der Waals surface area contributed by atoms with Crippen molar-refractivity contribution in [1.29, 1.82) is 0 Å². The Morgan fingerprint density at radius 1 is 1.22 bits per heavy atom. The summed E-state index contributed by atoms with van der Waals surface area (Å²) in [6, 6.07) is 0. The Morgan fingerprint density at radius 2 is 1.78 bits per heavy atom. The number of piperidine rings is 1. The normalized spacial score (nSPS) is 18.2. The van der Waals surface area contributed by atoms with Crippen molar-refractivity contribution in [1.82, 2.24) is 15.5 Å². The minimum atomic E-state index is -0.325. The number of amides is 2. The Kier molecular flexibility index (Phi) is 5.59. The summed E-state index contributed by atoms with van der Waals surface area (Å²) >= 11 is 0. The smallest absolute Gasteiger partial charge is 0.241 e. The van der Waals surface area contributed by atoms with Gasteiger partial charge in [0.15, 0.2) is 0 Å². The van der Waals surface area contributed by atoms with Gasteiger partial charge in [-0.2, -0.15) is 0 Å². The van der Waals surface area contributed by atoms with Crippen LogP contribution in [0.5, 0.6) is 0 Å². The molecule has 104 valence electrons. The van der Waals surface area contributed by atoms with Crippen molar-refractivity contribution in [3.8, 4) is 0 Å². The van der Waals surface area contributed by atoms with E-state index in [9.17, 15) is 9.59 Å². The van der Waals surface area contributed by atoms with E-state index in [1.807, 2.05) is 20.8 Å². The second kappa shape index (κ2) is 6.73. The molecule has 0 saturated carbocycles. The molecule has 5 heteroatoms. The first-order valence-electron chi connectivity index (χ1n) is 6.80. The van der Waals surface area contributed by atoms with E-state index in [1.165, 1.54) is 0 Å². The molecular formula is C13H25N3O2. The second-order valence-corrected chi connectivity index (χ2v) is 5.06. The highest BCUT2D eigenvalue weighted by Gasteiger charge is 2.34. The van der Waals surface area contributed by atoms with Crippen LogP contribution in [0.3, 0.4) is 0 Å². The molecule has 1 rings (SSSR count). The minimum Gasteiger partial charge on any atom is -0.347 e. The topological polar surface area (TPSA) is 61.4 Å². The largest absolute Gasteiger partial charge is 0.347 e. The SMILES string of the molecule is CCN(CC)C(=O)CNC(=O)C1(C)CCNCC1. The van der Waals surface area contributed by atoms with Crippen LogP contribution in [-0.2, 0) is 9.59 Å². The van der Waals surface area contributed by atoms with Gasteiger partial charge in [-0.1, -0.05) is 6.92 Å². The molecule has 0 spiro atoms. The summed E-state index contributed by atoms with van der Waals surface area (Å²) in [6.45, 7) is 9.09. The zero-order valence-corrected chi connectivity index (χ0v) is 11.7. The summed E-state index contributed by atoms with van der Waals surface area (Å²) in [5.41, 5.74) is -0.325. The van der Waals surface area contributed by atoms with Gasteiger partial charge in [0.25, 0.3) is 0 Å². The van der Waals surface area contributed by atoms with Gasteiger partial charge in [0, 0.05) is 18.5 Å². The van der Waals surface area contributed by atoms with Gasteiger partial charge in [-0.05, 0) is 39.8 Å². The fourth-order valence-electron chi connectivity index (χ4n) is 2.26. The molecule has 1 heterocycles. The molecular weight excluding hydrogens is 230 g/mol. The molecule has 1 aliphatic rings. The predicted octanol–water partition coefficient (Wildman–Crippen LogP) is 0.361. The van der Waals surface area contributed by atoms with Crippen LogP contribution in [0.4, 0.5) is 0 Å². The molecule has 0 unspecified atom stereocenters. The van der Waals surface area contributed by atoms with Gasteiger partial charge in [-0.3, -0.25) is 9.59 Å². The maximum atomic E-state index is 12.1. The van der Waals surface area contributed by atoms with Gasteiger partial charge < -0.3 is 15.5 Å². The van der Waals surface area contributed by atoms with Crippen molar-refractivity contribution in [3.05, 3.63) is 0 Å². The maximum Gasteiger partial charge on any atom is 0.241 e. The highest BCUT2D eigenvalue weighted by molar-refractivity contribution is 5.87. The Labute approximate surface area is 109 Å². The first-order valence-corrected chi connectivity index (χ1v) is 6.80. The van der Waals surface area contributed by atoms with Crippen molar-refractivity contribution in [2.24, 2.45) is 5.41 Å². The number of nitrogens with zero attached hydrogens (tertiary/aromatic N) is 1. The van der Waals surface area contributed by atoms with E-state index in [-0.39, 0.29) is 23.8 Å². The molecule has 1 saturated heterocycles. The molecule has 18 heavy (non-hydrogen) atoms. The van der Waals surface area contributed by atoms with Gasteiger partial charge in [0.1, 0.15) is 0 Å². The average molecular weight is 255 g/mol. The van der Waals surface area contributed by atoms with Crippen molar-refractivity contribution in [3.63, 3.8) is 0 Å². The van der Waals surface area contributed by atoms with E-state index < -0.39 is 0 Å². The molecule has 0 aromatic carbocycles. The Bertz CT molecular complexity index is 295. The molecule has 0 aromatic heterocycles. The van der Waals surface area contributed by atoms with E-state index >= 15 is 0 Å². The summed E-state index contributed by atoms with van der Waals surface area (Å²) in [7, 11) is 0. The fraction of sp³-hybridized carbons (Fsp3) is 0.846. The van der Waals surface area contributed by atoms with Crippen LogP contribution in [0.1, 0.15) is 33.6 Å².